The van der Waals surface area contributed by atoms with E-state index >= 15 is 0 Å². The summed E-state index contributed by atoms with van der Waals surface area (Å²) in [5.74, 6) is -3.38. The van der Waals surface area contributed by atoms with Gasteiger partial charge < -0.3 is 9.40 Å². The maximum atomic E-state index is 13.7. The number of aromatic amines is 2. The van der Waals surface area contributed by atoms with E-state index in [0.29, 0.717) is 11.3 Å². The molecule has 5 nitrogen and oxygen atoms in total. The van der Waals surface area contributed by atoms with Crippen LogP contribution in [0.5, 0.6) is 0 Å². The van der Waals surface area contributed by atoms with E-state index in [-0.39, 0.29) is 22.4 Å². The summed E-state index contributed by atoms with van der Waals surface area (Å²) in [7, 11) is 0. The van der Waals surface area contributed by atoms with Crippen LogP contribution in [-0.2, 0) is 0 Å². The maximum Gasteiger partial charge on any atom is 0.434 e. The molecule has 0 bridgehead atoms. The molecular formula is C16H8F3N3O2. The highest BCUT2D eigenvalue weighted by Crippen LogP contribution is 2.37. The Morgan fingerprint density at radius 1 is 1.00 bits per heavy atom. The third-order valence-corrected chi connectivity index (χ3v) is 3.62. The van der Waals surface area contributed by atoms with Gasteiger partial charge in [-0.1, -0.05) is 0 Å². The minimum Gasteiger partial charge on any atom is -0.388 e. The average Bonchev–Trinajstić information content (AvgIpc) is 3.12. The molecule has 0 atom stereocenters. The summed E-state index contributed by atoms with van der Waals surface area (Å²) in [6, 6.07) is 7.44. The molecule has 0 aliphatic carbocycles. The second kappa shape index (κ2) is 5.12. The number of benzene rings is 2. The Labute approximate surface area is 131 Å². The van der Waals surface area contributed by atoms with Crippen LogP contribution in [0.1, 0.15) is 0 Å². The lowest BCUT2D eigenvalue weighted by Gasteiger charge is -2.01. The van der Waals surface area contributed by atoms with E-state index in [1.807, 2.05) is 0 Å². The molecule has 0 saturated heterocycles. The minimum atomic E-state index is -1.05. The molecule has 0 aliphatic rings. The first kappa shape index (κ1) is 14.3. The SMILES string of the molecule is O=c1[nH]nc(-c2c(-c3ccc(F)cc3)[nH]c3cc(F)c(F)cc23)o1. The van der Waals surface area contributed by atoms with Crippen molar-refractivity contribution in [2.75, 3.05) is 0 Å². The van der Waals surface area contributed by atoms with Crippen molar-refractivity contribution in [2.24, 2.45) is 0 Å². The van der Waals surface area contributed by atoms with E-state index in [9.17, 15) is 18.0 Å². The Hall–Kier alpha value is -3.29. The highest BCUT2D eigenvalue weighted by Gasteiger charge is 2.21. The predicted octanol–water partition coefficient (Wildman–Crippen LogP) is 3.60. The van der Waals surface area contributed by atoms with Gasteiger partial charge >= 0.3 is 5.76 Å². The van der Waals surface area contributed by atoms with Crippen molar-refractivity contribution in [1.29, 1.82) is 0 Å². The fraction of sp³-hybridized carbons (Fsp3) is 0. The molecule has 4 rings (SSSR count). The van der Waals surface area contributed by atoms with Gasteiger partial charge in [-0.3, -0.25) is 0 Å². The van der Waals surface area contributed by atoms with Crippen LogP contribution >= 0.6 is 0 Å². The van der Waals surface area contributed by atoms with Crippen LogP contribution in [-0.4, -0.2) is 15.2 Å². The molecule has 24 heavy (non-hydrogen) atoms. The Morgan fingerprint density at radius 3 is 2.38 bits per heavy atom. The van der Waals surface area contributed by atoms with Gasteiger partial charge in [-0.15, -0.1) is 5.10 Å². The maximum absolute atomic E-state index is 13.7. The van der Waals surface area contributed by atoms with Crippen molar-refractivity contribution in [1.82, 2.24) is 15.2 Å². The van der Waals surface area contributed by atoms with Crippen molar-refractivity contribution in [3.63, 3.8) is 0 Å². The molecule has 2 N–H and O–H groups in total. The zero-order valence-electron chi connectivity index (χ0n) is 11.9. The van der Waals surface area contributed by atoms with Crippen LogP contribution in [0.15, 0.2) is 45.6 Å². The summed E-state index contributed by atoms with van der Waals surface area (Å²) in [5.41, 5.74) is 1.49. The summed E-state index contributed by atoms with van der Waals surface area (Å²) in [5, 5.41) is 6.15. The number of nitrogens with one attached hydrogen (secondary N) is 2. The quantitative estimate of drug-likeness (QED) is 0.589. The lowest BCUT2D eigenvalue weighted by atomic mass is 10.0. The zero-order valence-corrected chi connectivity index (χ0v) is 11.9. The van der Waals surface area contributed by atoms with Crippen LogP contribution in [0.4, 0.5) is 13.2 Å². The summed E-state index contributed by atoms with van der Waals surface area (Å²) in [6.07, 6.45) is 0. The lowest BCUT2D eigenvalue weighted by Crippen LogP contribution is -1.93. The Balaban J connectivity index is 2.08. The monoisotopic (exact) mass is 331 g/mol. The number of fused-ring (bicyclic) bond motifs is 1. The molecule has 0 unspecified atom stereocenters. The molecule has 0 amide bonds. The van der Waals surface area contributed by atoms with Gasteiger partial charge in [0.25, 0.3) is 5.89 Å². The van der Waals surface area contributed by atoms with Gasteiger partial charge in [0.05, 0.1) is 11.3 Å². The number of hydrogen-bond donors (Lipinski definition) is 2. The molecule has 4 aromatic rings. The molecule has 120 valence electrons. The van der Waals surface area contributed by atoms with Crippen LogP contribution in [0.25, 0.3) is 33.6 Å². The van der Waals surface area contributed by atoms with Crippen molar-refractivity contribution in [3.8, 4) is 22.7 Å². The average molecular weight is 331 g/mol. The van der Waals surface area contributed by atoms with Crippen molar-refractivity contribution >= 4 is 10.9 Å². The van der Waals surface area contributed by atoms with E-state index < -0.39 is 23.2 Å². The summed E-state index contributed by atoms with van der Waals surface area (Å²) in [4.78, 5) is 14.2. The van der Waals surface area contributed by atoms with E-state index in [1.165, 1.54) is 24.3 Å². The van der Waals surface area contributed by atoms with Crippen LogP contribution < -0.4 is 5.76 Å². The molecule has 8 heteroatoms. The molecular weight excluding hydrogens is 323 g/mol. The molecule has 0 saturated carbocycles. The highest BCUT2D eigenvalue weighted by molar-refractivity contribution is 6.01. The smallest absolute Gasteiger partial charge is 0.388 e. The molecule has 0 spiro atoms. The number of halogens is 3. The van der Waals surface area contributed by atoms with Crippen molar-refractivity contribution < 1.29 is 17.6 Å². The fourth-order valence-electron chi connectivity index (χ4n) is 2.58. The molecule has 0 fully saturated rings. The van der Waals surface area contributed by atoms with E-state index in [2.05, 4.69) is 15.2 Å². The first-order valence-electron chi connectivity index (χ1n) is 6.85. The summed E-state index contributed by atoms with van der Waals surface area (Å²) in [6.45, 7) is 0. The summed E-state index contributed by atoms with van der Waals surface area (Å²) < 4.78 is 45.3. The normalized spacial score (nSPS) is 11.3. The lowest BCUT2D eigenvalue weighted by molar-refractivity contribution is 0.510. The third-order valence-electron chi connectivity index (χ3n) is 3.62. The Bertz CT molecular complexity index is 1110. The third kappa shape index (κ3) is 2.19. The van der Waals surface area contributed by atoms with Crippen molar-refractivity contribution in [3.05, 3.63) is 64.4 Å². The second-order valence-corrected chi connectivity index (χ2v) is 5.11. The van der Waals surface area contributed by atoms with Gasteiger partial charge in [-0.25, -0.2) is 23.1 Å². The number of aromatic nitrogens is 3. The van der Waals surface area contributed by atoms with Gasteiger partial charge in [-0.2, -0.15) is 0 Å². The number of H-pyrrole nitrogens is 2. The number of nitrogens with zero attached hydrogens (tertiary/aromatic N) is 1. The zero-order chi connectivity index (χ0) is 16.8. The van der Waals surface area contributed by atoms with Crippen molar-refractivity contribution in [2.45, 2.75) is 0 Å². The van der Waals surface area contributed by atoms with Gasteiger partial charge in [0.1, 0.15) is 5.82 Å². The summed E-state index contributed by atoms with van der Waals surface area (Å²) >= 11 is 0. The largest absolute Gasteiger partial charge is 0.434 e. The predicted molar refractivity (Wildman–Crippen MR) is 79.7 cm³/mol. The molecule has 2 heterocycles. The van der Waals surface area contributed by atoms with E-state index in [0.717, 1.165) is 12.1 Å². The van der Waals surface area contributed by atoms with Gasteiger partial charge in [0.15, 0.2) is 11.6 Å². The Kier molecular flexibility index (Phi) is 3.05. The van der Waals surface area contributed by atoms with Crippen LogP contribution in [0, 0.1) is 17.5 Å². The minimum absolute atomic E-state index is 0.0865. The van der Waals surface area contributed by atoms with E-state index in [1.54, 1.807) is 0 Å². The second-order valence-electron chi connectivity index (χ2n) is 5.11. The van der Waals surface area contributed by atoms with Gasteiger partial charge in [0.2, 0.25) is 0 Å². The Morgan fingerprint density at radius 2 is 1.71 bits per heavy atom. The molecule has 0 aliphatic heterocycles. The topological polar surface area (TPSA) is 74.7 Å². The van der Waals surface area contributed by atoms with Gasteiger partial charge in [0, 0.05) is 17.0 Å². The van der Waals surface area contributed by atoms with Gasteiger partial charge in [-0.05, 0) is 35.9 Å². The molecule has 2 aromatic carbocycles. The highest BCUT2D eigenvalue weighted by atomic mass is 19.2. The molecule has 0 radical (unpaired) electrons. The fourth-order valence-corrected chi connectivity index (χ4v) is 2.58. The number of rotatable bonds is 2. The first-order valence-corrected chi connectivity index (χ1v) is 6.85. The standard InChI is InChI=1S/C16H8F3N3O2/c17-8-3-1-7(2-4-8)14-13(15-21-22-16(23)24-15)9-5-10(18)11(19)6-12(9)20-14/h1-6,20H,(H,22,23). The van der Waals surface area contributed by atoms with Crippen LogP contribution in [0.2, 0.25) is 0 Å². The molecule has 2 aromatic heterocycles. The van der Waals surface area contributed by atoms with Crippen LogP contribution in [0.3, 0.4) is 0 Å². The first-order chi connectivity index (χ1) is 11.5. The number of hydrogen-bond acceptors (Lipinski definition) is 3. The van der Waals surface area contributed by atoms with E-state index in [4.69, 9.17) is 4.42 Å².